The SMILES string of the molecule is CC(NCc1ccc(Oc2ccccc2)cc1)c1ccc(I)cc1I. The standard InChI is InChI=1S/C21H19I2NO/c1-15(20-12-9-17(22)13-21(20)23)24-14-16-7-10-19(11-8-16)25-18-5-3-2-4-6-18/h2-13,15,24H,14H2,1H3. The Bertz CT molecular complexity index is 819. The number of hydrogen-bond donors (Lipinski definition) is 1. The molecule has 1 unspecified atom stereocenters. The Balaban J connectivity index is 1.58. The van der Waals surface area contributed by atoms with E-state index in [2.05, 4.69) is 87.8 Å². The number of ether oxygens (including phenoxy) is 1. The monoisotopic (exact) mass is 555 g/mol. The maximum Gasteiger partial charge on any atom is 0.127 e. The molecule has 0 aliphatic rings. The maximum absolute atomic E-state index is 5.83. The maximum atomic E-state index is 5.83. The molecule has 0 fully saturated rings. The van der Waals surface area contributed by atoms with E-state index in [1.165, 1.54) is 18.3 Å². The molecule has 0 radical (unpaired) electrons. The van der Waals surface area contributed by atoms with E-state index < -0.39 is 0 Å². The van der Waals surface area contributed by atoms with Gasteiger partial charge in [-0.15, -0.1) is 0 Å². The third-order valence-electron chi connectivity index (χ3n) is 3.94. The summed E-state index contributed by atoms with van der Waals surface area (Å²) in [6.07, 6.45) is 0. The van der Waals surface area contributed by atoms with E-state index in [4.69, 9.17) is 4.74 Å². The van der Waals surface area contributed by atoms with E-state index in [9.17, 15) is 0 Å². The highest BCUT2D eigenvalue weighted by Gasteiger charge is 2.09. The van der Waals surface area contributed by atoms with E-state index in [1.807, 2.05) is 42.5 Å². The molecule has 0 saturated heterocycles. The van der Waals surface area contributed by atoms with E-state index in [-0.39, 0.29) is 0 Å². The lowest BCUT2D eigenvalue weighted by atomic mass is 10.1. The Morgan fingerprint density at radius 3 is 2.24 bits per heavy atom. The lowest BCUT2D eigenvalue weighted by molar-refractivity contribution is 0.482. The molecule has 3 aromatic rings. The molecular weight excluding hydrogens is 536 g/mol. The van der Waals surface area contributed by atoms with Gasteiger partial charge in [-0.3, -0.25) is 0 Å². The van der Waals surface area contributed by atoms with Crippen LogP contribution in [0.4, 0.5) is 0 Å². The van der Waals surface area contributed by atoms with Crippen LogP contribution in [-0.4, -0.2) is 0 Å². The van der Waals surface area contributed by atoms with Crippen LogP contribution in [0.25, 0.3) is 0 Å². The molecule has 0 aliphatic heterocycles. The Hall–Kier alpha value is -1.12. The van der Waals surface area contributed by atoms with Gasteiger partial charge in [-0.2, -0.15) is 0 Å². The molecule has 0 bridgehead atoms. The van der Waals surface area contributed by atoms with Gasteiger partial charge >= 0.3 is 0 Å². The highest BCUT2D eigenvalue weighted by molar-refractivity contribution is 14.1. The largest absolute Gasteiger partial charge is 0.457 e. The van der Waals surface area contributed by atoms with Crippen LogP contribution >= 0.6 is 45.2 Å². The third-order valence-corrected chi connectivity index (χ3v) is 5.55. The summed E-state index contributed by atoms with van der Waals surface area (Å²) in [6, 6.07) is 25.0. The van der Waals surface area contributed by atoms with Gasteiger partial charge in [0.05, 0.1) is 0 Å². The number of rotatable bonds is 6. The van der Waals surface area contributed by atoms with Gasteiger partial charge in [0.2, 0.25) is 0 Å². The van der Waals surface area contributed by atoms with Gasteiger partial charge in [0.1, 0.15) is 11.5 Å². The van der Waals surface area contributed by atoms with Gasteiger partial charge < -0.3 is 10.1 Å². The van der Waals surface area contributed by atoms with Crippen molar-refractivity contribution in [2.75, 3.05) is 0 Å². The quantitative estimate of drug-likeness (QED) is 0.349. The average molecular weight is 555 g/mol. The fourth-order valence-corrected chi connectivity index (χ4v) is 4.60. The topological polar surface area (TPSA) is 21.3 Å². The highest BCUT2D eigenvalue weighted by atomic mass is 127. The molecule has 1 N–H and O–H groups in total. The fraction of sp³-hybridized carbons (Fsp3) is 0.143. The smallest absolute Gasteiger partial charge is 0.127 e. The van der Waals surface area contributed by atoms with Crippen molar-refractivity contribution in [1.29, 1.82) is 0 Å². The minimum atomic E-state index is 0.309. The average Bonchev–Trinajstić information content (AvgIpc) is 2.62. The van der Waals surface area contributed by atoms with Crippen molar-refractivity contribution in [1.82, 2.24) is 5.32 Å². The van der Waals surface area contributed by atoms with Crippen molar-refractivity contribution >= 4 is 45.2 Å². The zero-order valence-corrected chi connectivity index (χ0v) is 18.2. The Kier molecular flexibility index (Phi) is 6.72. The zero-order valence-electron chi connectivity index (χ0n) is 13.9. The van der Waals surface area contributed by atoms with Gasteiger partial charge in [0.15, 0.2) is 0 Å². The van der Waals surface area contributed by atoms with Crippen molar-refractivity contribution in [2.45, 2.75) is 19.5 Å². The van der Waals surface area contributed by atoms with Crippen LogP contribution in [0.15, 0.2) is 72.8 Å². The first kappa shape index (κ1) is 18.7. The first-order valence-corrected chi connectivity index (χ1v) is 10.3. The summed E-state index contributed by atoms with van der Waals surface area (Å²) in [5.74, 6) is 1.71. The minimum Gasteiger partial charge on any atom is -0.457 e. The summed E-state index contributed by atoms with van der Waals surface area (Å²) in [5.41, 5.74) is 2.58. The molecule has 2 nitrogen and oxygen atoms in total. The third kappa shape index (κ3) is 5.43. The molecule has 3 rings (SSSR count). The van der Waals surface area contributed by atoms with Crippen LogP contribution in [0.3, 0.4) is 0 Å². The molecule has 0 amide bonds. The second-order valence-corrected chi connectivity index (χ2v) is 8.24. The lowest BCUT2D eigenvalue weighted by Crippen LogP contribution is -2.19. The van der Waals surface area contributed by atoms with E-state index >= 15 is 0 Å². The van der Waals surface area contributed by atoms with E-state index in [0.29, 0.717) is 6.04 Å². The Morgan fingerprint density at radius 1 is 0.880 bits per heavy atom. The van der Waals surface area contributed by atoms with Crippen molar-refractivity contribution in [3.05, 3.63) is 91.1 Å². The summed E-state index contributed by atoms with van der Waals surface area (Å²) in [7, 11) is 0. The molecule has 0 saturated carbocycles. The highest BCUT2D eigenvalue weighted by Crippen LogP contribution is 2.23. The van der Waals surface area contributed by atoms with Gasteiger partial charge in [0.25, 0.3) is 0 Å². The van der Waals surface area contributed by atoms with Crippen molar-refractivity contribution in [3.63, 3.8) is 0 Å². The number of para-hydroxylation sites is 1. The number of benzene rings is 3. The predicted molar refractivity (Wildman–Crippen MR) is 120 cm³/mol. The Morgan fingerprint density at radius 2 is 1.56 bits per heavy atom. The predicted octanol–water partition coefficient (Wildman–Crippen LogP) is 6.54. The van der Waals surface area contributed by atoms with Crippen molar-refractivity contribution in [3.8, 4) is 11.5 Å². The van der Waals surface area contributed by atoms with E-state index in [0.717, 1.165) is 18.0 Å². The molecule has 0 heterocycles. The van der Waals surface area contributed by atoms with Crippen LogP contribution in [0.1, 0.15) is 24.1 Å². The summed E-state index contributed by atoms with van der Waals surface area (Å²) >= 11 is 4.76. The summed E-state index contributed by atoms with van der Waals surface area (Å²) in [6.45, 7) is 3.03. The molecule has 0 aliphatic carbocycles. The summed E-state index contributed by atoms with van der Waals surface area (Å²) in [4.78, 5) is 0. The molecule has 4 heteroatoms. The van der Waals surface area contributed by atoms with Crippen LogP contribution in [0.2, 0.25) is 0 Å². The molecule has 128 valence electrons. The molecule has 1 atom stereocenters. The lowest BCUT2D eigenvalue weighted by Gasteiger charge is -2.16. The summed E-state index contributed by atoms with van der Waals surface area (Å²) < 4.78 is 8.41. The summed E-state index contributed by atoms with van der Waals surface area (Å²) in [5, 5.41) is 3.60. The van der Waals surface area contributed by atoms with Crippen LogP contribution < -0.4 is 10.1 Å². The normalized spacial score (nSPS) is 12.0. The second-order valence-electron chi connectivity index (χ2n) is 5.83. The molecule has 0 spiro atoms. The van der Waals surface area contributed by atoms with Crippen LogP contribution in [-0.2, 0) is 6.54 Å². The number of nitrogens with one attached hydrogen (secondary N) is 1. The number of hydrogen-bond acceptors (Lipinski definition) is 2. The molecular formula is C21H19I2NO. The van der Waals surface area contributed by atoms with Gasteiger partial charge in [-0.25, -0.2) is 0 Å². The minimum absolute atomic E-state index is 0.309. The second kappa shape index (κ2) is 9.00. The molecule has 3 aromatic carbocycles. The van der Waals surface area contributed by atoms with Crippen molar-refractivity contribution < 1.29 is 4.74 Å². The van der Waals surface area contributed by atoms with Gasteiger partial charge in [0, 0.05) is 19.7 Å². The fourth-order valence-electron chi connectivity index (χ4n) is 2.53. The van der Waals surface area contributed by atoms with Gasteiger partial charge in [-0.05, 0) is 99.6 Å². The molecule has 0 aromatic heterocycles. The Labute approximate surface area is 176 Å². The van der Waals surface area contributed by atoms with Crippen LogP contribution in [0, 0.1) is 7.14 Å². The molecule has 25 heavy (non-hydrogen) atoms. The number of halogens is 2. The van der Waals surface area contributed by atoms with E-state index in [1.54, 1.807) is 0 Å². The van der Waals surface area contributed by atoms with Gasteiger partial charge in [-0.1, -0.05) is 36.4 Å². The first-order valence-electron chi connectivity index (χ1n) is 8.12. The van der Waals surface area contributed by atoms with Crippen LogP contribution in [0.5, 0.6) is 11.5 Å². The first-order chi connectivity index (χ1) is 12.1. The van der Waals surface area contributed by atoms with Crippen molar-refractivity contribution in [2.24, 2.45) is 0 Å². The zero-order chi connectivity index (χ0) is 17.6.